The van der Waals surface area contributed by atoms with E-state index in [9.17, 15) is 9.90 Å². The first kappa shape index (κ1) is 23.6. The summed E-state index contributed by atoms with van der Waals surface area (Å²) in [6.45, 7) is 8.19. The van der Waals surface area contributed by atoms with Crippen LogP contribution in [0.1, 0.15) is 27.2 Å². The lowest BCUT2D eigenvalue weighted by molar-refractivity contribution is 0.373. The molecule has 0 bridgehead atoms. The zero-order valence-electron chi connectivity index (χ0n) is 18.6. The largest absolute Gasteiger partial charge is 0.507 e. The summed E-state index contributed by atoms with van der Waals surface area (Å²) in [6, 6.07) is 6.91. The van der Waals surface area contributed by atoms with Gasteiger partial charge in [0, 0.05) is 48.9 Å². The van der Waals surface area contributed by atoms with Crippen LogP contribution in [0.3, 0.4) is 0 Å². The summed E-state index contributed by atoms with van der Waals surface area (Å²) in [5.74, 6) is 0.613. The van der Waals surface area contributed by atoms with E-state index >= 15 is 0 Å². The molecule has 0 aliphatic carbocycles. The Morgan fingerprint density at radius 1 is 1.12 bits per heavy atom. The van der Waals surface area contributed by atoms with Crippen molar-refractivity contribution in [2.24, 2.45) is 7.05 Å². The van der Waals surface area contributed by atoms with E-state index in [1.54, 1.807) is 31.4 Å². The van der Waals surface area contributed by atoms with Gasteiger partial charge < -0.3 is 19.9 Å². The Labute approximate surface area is 193 Å². The number of benzene rings is 1. The Morgan fingerprint density at radius 3 is 2.53 bits per heavy atom. The first-order valence-electron chi connectivity index (χ1n) is 10.3. The topological polar surface area (TPSA) is 109 Å². The van der Waals surface area contributed by atoms with Gasteiger partial charge in [-0.1, -0.05) is 6.07 Å². The minimum Gasteiger partial charge on any atom is -0.507 e. The number of anilines is 1. The summed E-state index contributed by atoms with van der Waals surface area (Å²) >= 11 is 0. The fourth-order valence-corrected chi connectivity index (χ4v) is 3.74. The molecule has 1 unspecified atom stereocenters. The molecule has 1 aliphatic rings. The number of nitrogens with one attached hydrogen (secondary N) is 1. The lowest BCUT2D eigenvalue weighted by Gasteiger charge is -2.25. The smallest absolute Gasteiger partial charge is 0.253 e. The van der Waals surface area contributed by atoms with Gasteiger partial charge >= 0.3 is 0 Å². The fraction of sp³-hybridized carbons (Fsp3) is 0.409. The molecule has 32 heavy (non-hydrogen) atoms. The van der Waals surface area contributed by atoms with Gasteiger partial charge in [-0.3, -0.25) is 4.79 Å². The summed E-state index contributed by atoms with van der Waals surface area (Å²) in [4.78, 5) is 22.7. The van der Waals surface area contributed by atoms with Crippen LogP contribution in [-0.2, 0) is 7.05 Å². The molecule has 1 aliphatic heterocycles. The van der Waals surface area contributed by atoms with E-state index in [-0.39, 0.29) is 29.3 Å². The molecule has 4 rings (SSSR count). The third kappa shape index (κ3) is 5.23. The number of hydrogen-bond acceptors (Lipinski definition) is 8. The minimum absolute atomic E-state index is 0. The fourth-order valence-electron chi connectivity index (χ4n) is 3.74. The summed E-state index contributed by atoms with van der Waals surface area (Å²) in [5, 5.41) is 22.7. The van der Waals surface area contributed by atoms with E-state index in [4.69, 9.17) is 0 Å². The first-order chi connectivity index (χ1) is 14.7. The molecule has 1 saturated heterocycles. The van der Waals surface area contributed by atoms with Gasteiger partial charge in [0.25, 0.3) is 5.56 Å². The van der Waals surface area contributed by atoms with Gasteiger partial charge in [-0.15, -0.1) is 22.6 Å². The summed E-state index contributed by atoms with van der Waals surface area (Å²) in [6.07, 6.45) is 4.11. The highest BCUT2D eigenvalue weighted by Gasteiger charge is 2.27. The lowest BCUT2D eigenvalue weighted by atomic mass is 10.1. The lowest BCUT2D eigenvalue weighted by Crippen LogP contribution is -2.45. The monoisotopic (exact) mass is 457 g/mol. The van der Waals surface area contributed by atoms with Crippen molar-refractivity contribution in [1.29, 1.82) is 0 Å². The Bertz CT molecular complexity index is 1140. The highest BCUT2D eigenvalue weighted by Crippen LogP contribution is 2.31. The van der Waals surface area contributed by atoms with Crippen LogP contribution in [0.15, 0.2) is 41.6 Å². The van der Waals surface area contributed by atoms with Gasteiger partial charge in [-0.25, -0.2) is 9.97 Å². The van der Waals surface area contributed by atoms with Crippen molar-refractivity contribution in [2.75, 3.05) is 18.0 Å². The number of rotatable bonds is 4. The maximum absolute atomic E-state index is 11.8. The molecule has 0 radical (unpaired) electrons. The molecular formula is C22H28ClN7O2. The molecule has 3 aromatic rings. The van der Waals surface area contributed by atoms with E-state index in [1.165, 1.54) is 17.0 Å². The van der Waals surface area contributed by atoms with Crippen LogP contribution in [0, 0.1) is 0 Å². The zero-order valence-corrected chi connectivity index (χ0v) is 19.4. The maximum Gasteiger partial charge on any atom is 0.253 e. The molecule has 3 heterocycles. The number of aromatic hydroxyl groups is 1. The van der Waals surface area contributed by atoms with E-state index in [2.05, 4.69) is 51.2 Å². The number of aryl methyl sites for hydroxylation is 1. The molecule has 2 N–H and O–H groups in total. The van der Waals surface area contributed by atoms with E-state index in [0.717, 1.165) is 19.5 Å². The number of halogens is 1. The van der Waals surface area contributed by atoms with Crippen molar-refractivity contribution in [3.05, 3.63) is 47.1 Å². The van der Waals surface area contributed by atoms with Crippen molar-refractivity contribution in [3.8, 4) is 28.3 Å². The molecule has 2 aromatic heterocycles. The predicted octanol–water partition coefficient (Wildman–Crippen LogP) is 2.39. The van der Waals surface area contributed by atoms with Crippen LogP contribution in [0.5, 0.6) is 5.75 Å². The average Bonchev–Trinajstić information content (AvgIpc) is 3.17. The molecule has 10 heteroatoms. The Balaban J connectivity index is 0.00000289. The molecule has 9 nitrogen and oxygen atoms in total. The number of nitrogens with zero attached hydrogens (tertiary/aromatic N) is 6. The first-order valence-corrected chi connectivity index (χ1v) is 10.3. The quantitative estimate of drug-likeness (QED) is 0.614. The number of hydrogen-bond donors (Lipinski definition) is 2. The SMILES string of the molecule is Cl.Cn1cnc(-c2ccc(-c3cnc(N4CCC(NC(C)(C)C)C4)nn3)c(O)c2)cc1=O. The van der Waals surface area contributed by atoms with Crippen LogP contribution in [-0.4, -0.2) is 54.5 Å². The van der Waals surface area contributed by atoms with Gasteiger partial charge in [0.05, 0.1) is 18.2 Å². The van der Waals surface area contributed by atoms with E-state index in [1.807, 2.05) is 0 Å². The Hall–Kier alpha value is -3.04. The van der Waals surface area contributed by atoms with Crippen molar-refractivity contribution in [1.82, 2.24) is 30.0 Å². The third-order valence-electron chi connectivity index (χ3n) is 5.21. The van der Waals surface area contributed by atoms with Crippen molar-refractivity contribution in [2.45, 2.75) is 38.8 Å². The normalized spacial score (nSPS) is 16.1. The number of phenolic OH excluding ortho intramolecular Hbond substituents is 1. The summed E-state index contributed by atoms with van der Waals surface area (Å²) in [5.41, 5.74) is 2.04. The molecule has 170 valence electrons. The van der Waals surface area contributed by atoms with Gasteiger partial charge in [-0.2, -0.15) is 0 Å². The maximum atomic E-state index is 11.8. The van der Waals surface area contributed by atoms with Crippen molar-refractivity contribution in [3.63, 3.8) is 0 Å². The molecule has 0 saturated carbocycles. The second-order valence-electron chi connectivity index (χ2n) is 8.92. The second-order valence-corrected chi connectivity index (χ2v) is 8.92. The molecule has 0 spiro atoms. The molecule has 1 fully saturated rings. The molecule has 1 atom stereocenters. The van der Waals surface area contributed by atoms with Gasteiger partial charge in [-0.05, 0) is 39.3 Å². The number of aromatic nitrogens is 5. The van der Waals surface area contributed by atoms with Gasteiger partial charge in [0.1, 0.15) is 11.4 Å². The molecular weight excluding hydrogens is 430 g/mol. The van der Waals surface area contributed by atoms with E-state index in [0.29, 0.717) is 34.5 Å². The highest BCUT2D eigenvalue weighted by molar-refractivity contribution is 5.85. The summed E-state index contributed by atoms with van der Waals surface area (Å²) in [7, 11) is 1.64. The summed E-state index contributed by atoms with van der Waals surface area (Å²) < 4.78 is 1.39. The van der Waals surface area contributed by atoms with Crippen LogP contribution in [0.2, 0.25) is 0 Å². The predicted molar refractivity (Wildman–Crippen MR) is 126 cm³/mol. The molecule has 0 amide bonds. The average molecular weight is 458 g/mol. The van der Waals surface area contributed by atoms with Crippen LogP contribution in [0.25, 0.3) is 22.5 Å². The van der Waals surface area contributed by atoms with Crippen LogP contribution < -0.4 is 15.8 Å². The third-order valence-corrected chi connectivity index (χ3v) is 5.21. The highest BCUT2D eigenvalue weighted by atomic mass is 35.5. The van der Waals surface area contributed by atoms with Crippen LogP contribution >= 0.6 is 12.4 Å². The standard InChI is InChI=1S/C22H27N7O2.ClH/c1-22(2,3)25-15-7-8-29(12-15)21-23-11-18(26-27-21)16-6-5-14(9-19(16)30)17-10-20(31)28(4)13-24-17;/h5-6,9-11,13,15,25,30H,7-8,12H2,1-4H3;1H. The van der Waals surface area contributed by atoms with E-state index < -0.39 is 0 Å². The second kappa shape index (κ2) is 9.22. The number of phenols is 1. The van der Waals surface area contributed by atoms with Crippen molar-refractivity contribution >= 4 is 18.4 Å². The van der Waals surface area contributed by atoms with Crippen LogP contribution in [0.4, 0.5) is 5.95 Å². The molecule has 1 aromatic carbocycles. The van der Waals surface area contributed by atoms with Crippen molar-refractivity contribution < 1.29 is 5.11 Å². The minimum atomic E-state index is -0.166. The van der Waals surface area contributed by atoms with Gasteiger partial charge in [0.2, 0.25) is 5.95 Å². The van der Waals surface area contributed by atoms with Gasteiger partial charge in [0.15, 0.2) is 0 Å². The Kier molecular flexibility index (Phi) is 6.80. The Morgan fingerprint density at radius 2 is 1.91 bits per heavy atom. The zero-order chi connectivity index (χ0) is 22.2.